The van der Waals surface area contributed by atoms with Crippen molar-refractivity contribution in [1.29, 1.82) is 0 Å². The number of allylic oxidation sites excluding steroid dienone is 1. The Morgan fingerprint density at radius 3 is 2.90 bits per heavy atom. The van der Waals surface area contributed by atoms with Gasteiger partial charge in [0.05, 0.1) is 4.90 Å². The normalized spacial score (nSPS) is 18.0. The molecular formula is C16H22N2O2S. The third kappa shape index (κ3) is 3.47. The van der Waals surface area contributed by atoms with Crippen LogP contribution in [0.2, 0.25) is 0 Å². The van der Waals surface area contributed by atoms with Gasteiger partial charge in [-0.1, -0.05) is 11.6 Å². The van der Waals surface area contributed by atoms with Crippen molar-refractivity contribution < 1.29 is 8.42 Å². The summed E-state index contributed by atoms with van der Waals surface area (Å²) in [5, 5.41) is 3.24. The second-order valence-corrected chi connectivity index (χ2v) is 7.52. The Balaban J connectivity index is 1.62. The summed E-state index contributed by atoms with van der Waals surface area (Å²) in [6.07, 6.45) is 8.73. The molecule has 0 atom stereocenters. The van der Waals surface area contributed by atoms with E-state index in [4.69, 9.17) is 0 Å². The average Bonchev–Trinajstić information content (AvgIpc) is 2.95. The highest BCUT2D eigenvalue weighted by atomic mass is 32.2. The molecule has 2 N–H and O–H groups in total. The van der Waals surface area contributed by atoms with Crippen molar-refractivity contribution in [1.82, 2.24) is 4.72 Å². The second kappa shape index (κ2) is 6.20. The van der Waals surface area contributed by atoms with E-state index in [1.807, 2.05) is 6.07 Å². The van der Waals surface area contributed by atoms with Gasteiger partial charge >= 0.3 is 0 Å². The van der Waals surface area contributed by atoms with Crippen LogP contribution in [0.5, 0.6) is 0 Å². The van der Waals surface area contributed by atoms with Crippen molar-refractivity contribution in [2.75, 3.05) is 18.4 Å². The van der Waals surface area contributed by atoms with E-state index in [0.29, 0.717) is 11.4 Å². The van der Waals surface area contributed by atoms with E-state index >= 15 is 0 Å². The molecule has 0 saturated heterocycles. The zero-order chi connectivity index (χ0) is 14.7. The van der Waals surface area contributed by atoms with Crippen LogP contribution in [0.25, 0.3) is 0 Å². The molecule has 4 nitrogen and oxygen atoms in total. The number of rotatable bonds is 5. The molecule has 0 aromatic heterocycles. The van der Waals surface area contributed by atoms with Gasteiger partial charge in [0.1, 0.15) is 0 Å². The monoisotopic (exact) mass is 306 g/mol. The Labute approximate surface area is 126 Å². The Kier molecular flexibility index (Phi) is 4.31. The van der Waals surface area contributed by atoms with Crippen molar-refractivity contribution in [3.05, 3.63) is 35.4 Å². The lowest BCUT2D eigenvalue weighted by Gasteiger charge is -2.13. The van der Waals surface area contributed by atoms with Crippen molar-refractivity contribution in [2.24, 2.45) is 0 Å². The van der Waals surface area contributed by atoms with E-state index in [2.05, 4.69) is 16.1 Å². The van der Waals surface area contributed by atoms with Crippen LogP contribution in [-0.4, -0.2) is 21.5 Å². The predicted octanol–water partition coefficient (Wildman–Crippen LogP) is 2.82. The van der Waals surface area contributed by atoms with E-state index in [0.717, 1.165) is 43.5 Å². The Bertz CT molecular complexity index is 650. The lowest BCUT2D eigenvalue weighted by atomic mass is 9.97. The lowest BCUT2D eigenvalue weighted by Crippen LogP contribution is -2.25. The van der Waals surface area contributed by atoms with E-state index in [9.17, 15) is 8.42 Å². The van der Waals surface area contributed by atoms with Gasteiger partial charge in [0.2, 0.25) is 10.0 Å². The molecule has 1 aromatic carbocycles. The number of nitrogens with one attached hydrogen (secondary N) is 2. The average molecular weight is 306 g/mol. The standard InChI is InChI=1S/C16H22N2O2S/c19-21(20,18-11-8-13-4-2-1-3-5-13)15-6-7-16-14(12-15)9-10-17-16/h4,6-7,12,17-18H,1-3,5,8-11H2. The van der Waals surface area contributed by atoms with Crippen LogP contribution >= 0.6 is 0 Å². The van der Waals surface area contributed by atoms with Gasteiger partial charge in [0, 0.05) is 18.8 Å². The van der Waals surface area contributed by atoms with Gasteiger partial charge < -0.3 is 5.32 Å². The highest BCUT2D eigenvalue weighted by Gasteiger charge is 2.18. The topological polar surface area (TPSA) is 58.2 Å². The van der Waals surface area contributed by atoms with Crippen LogP contribution in [0.4, 0.5) is 5.69 Å². The van der Waals surface area contributed by atoms with Gasteiger partial charge in [-0.3, -0.25) is 0 Å². The molecule has 114 valence electrons. The Morgan fingerprint density at radius 1 is 1.19 bits per heavy atom. The van der Waals surface area contributed by atoms with Crippen LogP contribution in [0.1, 0.15) is 37.7 Å². The summed E-state index contributed by atoms with van der Waals surface area (Å²) >= 11 is 0. The highest BCUT2D eigenvalue weighted by molar-refractivity contribution is 7.89. The highest BCUT2D eigenvalue weighted by Crippen LogP contribution is 2.25. The molecule has 0 fully saturated rings. The van der Waals surface area contributed by atoms with Crippen molar-refractivity contribution >= 4 is 15.7 Å². The number of hydrogen-bond acceptors (Lipinski definition) is 3. The quantitative estimate of drug-likeness (QED) is 0.822. The first-order valence-corrected chi connectivity index (χ1v) is 9.18. The second-order valence-electron chi connectivity index (χ2n) is 5.75. The van der Waals surface area contributed by atoms with Gasteiger partial charge in [-0.25, -0.2) is 13.1 Å². The molecule has 21 heavy (non-hydrogen) atoms. The minimum absolute atomic E-state index is 0.377. The number of benzene rings is 1. The van der Waals surface area contributed by atoms with Crippen molar-refractivity contribution in [2.45, 2.75) is 43.4 Å². The Hall–Kier alpha value is -1.33. The van der Waals surface area contributed by atoms with Gasteiger partial charge in [0.15, 0.2) is 0 Å². The van der Waals surface area contributed by atoms with Crippen LogP contribution < -0.4 is 10.0 Å². The van der Waals surface area contributed by atoms with Crippen LogP contribution in [-0.2, 0) is 16.4 Å². The minimum Gasteiger partial charge on any atom is -0.384 e. The first-order valence-electron chi connectivity index (χ1n) is 7.69. The van der Waals surface area contributed by atoms with Crippen molar-refractivity contribution in [3.8, 4) is 0 Å². The summed E-state index contributed by atoms with van der Waals surface area (Å²) in [4.78, 5) is 0.377. The summed E-state index contributed by atoms with van der Waals surface area (Å²) < 4.78 is 27.4. The molecule has 0 spiro atoms. The summed E-state index contributed by atoms with van der Waals surface area (Å²) in [5.41, 5.74) is 3.54. The molecule has 0 radical (unpaired) electrons. The fourth-order valence-electron chi connectivity index (χ4n) is 3.01. The molecule has 5 heteroatoms. The SMILES string of the molecule is O=S(=O)(NCCC1=CCCCC1)c1ccc2c(c1)CCN2. The van der Waals surface area contributed by atoms with Crippen LogP contribution in [0, 0.1) is 0 Å². The van der Waals surface area contributed by atoms with E-state index < -0.39 is 10.0 Å². The zero-order valence-electron chi connectivity index (χ0n) is 12.2. The molecule has 0 saturated carbocycles. The molecule has 2 aliphatic rings. The van der Waals surface area contributed by atoms with E-state index in [-0.39, 0.29) is 0 Å². The molecule has 0 amide bonds. The maximum absolute atomic E-state index is 12.3. The third-order valence-corrected chi connectivity index (χ3v) is 5.68. The number of sulfonamides is 1. The summed E-state index contributed by atoms with van der Waals surface area (Å²) in [6.45, 7) is 1.38. The molecule has 3 rings (SSSR count). The summed E-state index contributed by atoms with van der Waals surface area (Å²) in [6, 6.07) is 5.33. The first kappa shape index (κ1) is 14.6. The molecule has 1 aliphatic heterocycles. The molecule has 0 unspecified atom stereocenters. The maximum atomic E-state index is 12.3. The summed E-state index contributed by atoms with van der Waals surface area (Å²) in [5.74, 6) is 0. The van der Waals surface area contributed by atoms with Crippen LogP contribution in [0.3, 0.4) is 0 Å². The maximum Gasteiger partial charge on any atom is 0.240 e. The minimum atomic E-state index is -3.39. The van der Waals surface area contributed by atoms with Crippen molar-refractivity contribution in [3.63, 3.8) is 0 Å². The number of fused-ring (bicyclic) bond motifs is 1. The predicted molar refractivity (Wildman–Crippen MR) is 85.0 cm³/mol. The van der Waals surface area contributed by atoms with Gasteiger partial charge in [-0.05, 0) is 62.3 Å². The largest absolute Gasteiger partial charge is 0.384 e. The smallest absolute Gasteiger partial charge is 0.240 e. The number of hydrogen-bond donors (Lipinski definition) is 2. The molecule has 0 bridgehead atoms. The van der Waals surface area contributed by atoms with Crippen LogP contribution in [0.15, 0.2) is 34.7 Å². The van der Waals surface area contributed by atoms with E-state index in [1.165, 1.54) is 18.4 Å². The number of anilines is 1. The first-order chi connectivity index (χ1) is 10.1. The molecule has 1 heterocycles. The third-order valence-electron chi connectivity index (χ3n) is 4.22. The van der Waals surface area contributed by atoms with E-state index in [1.54, 1.807) is 12.1 Å². The fraction of sp³-hybridized carbons (Fsp3) is 0.500. The molecule has 1 aliphatic carbocycles. The molecular weight excluding hydrogens is 284 g/mol. The zero-order valence-corrected chi connectivity index (χ0v) is 13.0. The molecule has 1 aromatic rings. The summed E-state index contributed by atoms with van der Waals surface area (Å²) in [7, 11) is -3.39. The fourth-order valence-corrected chi connectivity index (χ4v) is 4.09. The lowest BCUT2D eigenvalue weighted by molar-refractivity contribution is 0.579. The van der Waals surface area contributed by atoms with Gasteiger partial charge in [0.25, 0.3) is 0 Å². The van der Waals surface area contributed by atoms with Gasteiger partial charge in [-0.2, -0.15) is 0 Å². The Morgan fingerprint density at radius 2 is 2.10 bits per heavy atom. The van der Waals surface area contributed by atoms with Gasteiger partial charge in [-0.15, -0.1) is 0 Å².